The molecule has 1 aromatic carbocycles. The number of aromatic nitrogens is 2. The fraction of sp³-hybridized carbons (Fsp3) is 0.182. The van der Waals surface area contributed by atoms with Gasteiger partial charge in [-0.2, -0.15) is 0 Å². The highest BCUT2D eigenvalue weighted by Crippen LogP contribution is 2.27. The van der Waals surface area contributed by atoms with Gasteiger partial charge in [0.25, 0.3) is 11.2 Å². The molecule has 0 unspecified atom stereocenters. The van der Waals surface area contributed by atoms with Crippen LogP contribution in [0.25, 0.3) is 5.69 Å². The van der Waals surface area contributed by atoms with Crippen LogP contribution in [-0.2, 0) is 6.42 Å². The number of fused-ring (bicyclic) bond motifs is 1. The van der Waals surface area contributed by atoms with E-state index in [4.69, 9.17) is 0 Å². The number of hydrogen-bond donors (Lipinski definition) is 1. The van der Waals surface area contributed by atoms with Gasteiger partial charge in [-0.3, -0.25) is 20.0 Å². The lowest BCUT2D eigenvalue weighted by Crippen LogP contribution is -2.15. The van der Waals surface area contributed by atoms with Crippen LogP contribution in [-0.4, -0.2) is 20.5 Å². The van der Waals surface area contributed by atoms with Gasteiger partial charge in [-0.25, -0.2) is 4.68 Å². The Bertz CT molecular complexity index is 689. The Kier molecular flexibility index (Phi) is 2.48. The van der Waals surface area contributed by atoms with Crippen LogP contribution < -0.4 is 5.56 Å². The minimum Gasteiger partial charge on any atom is -0.294 e. The lowest BCUT2D eigenvalue weighted by atomic mass is 10.3. The molecule has 92 valence electrons. The Morgan fingerprint density at radius 3 is 3.00 bits per heavy atom. The van der Waals surface area contributed by atoms with E-state index < -0.39 is 4.92 Å². The molecule has 0 bridgehead atoms. The average molecular weight is 263 g/mol. The van der Waals surface area contributed by atoms with Crippen molar-refractivity contribution in [1.29, 1.82) is 0 Å². The van der Waals surface area contributed by atoms with E-state index in [-0.39, 0.29) is 11.2 Å². The summed E-state index contributed by atoms with van der Waals surface area (Å²) in [6, 6.07) is 6.03. The molecule has 6 nitrogen and oxygen atoms in total. The van der Waals surface area contributed by atoms with E-state index in [0.717, 1.165) is 22.8 Å². The number of rotatable bonds is 2. The minimum absolute atomic E-state index is 0.0261. The van der Waals surface area contributed by atoms with Crippen molar-refractivity contribution in [2.45, 2.75) is 11.3 Å². The van der Waals surface area contributed by atoms with Gasteiger partial charge in [-0.15, -0.1) is 11.8 Å². The summed E-state index contributed by atoms with van der Waals surface area (Å²) in [6.07, 6.45) is 0.831. The molecule has 0 saturated carbocycles. The highest BCUT2D eigenvalue weighted by atomic mass is 32.2. The molecule has 0 saturated heterocycles. The number of aryl methyl sites for hydroxylation is 1. The Hall–Kier alpha value is -2.02. The molecule has 7 heteroatoms. The van der Waals surface area contributed by atoms with Crippen LogP contribution in [0.5, 0.6) is 0 Å². The lowest BCUT2D eigenvalue weighted by Gasteiger charge is -2.01. The summed E-state index contributed by atoms with van der Waals surface area (Å²) in [4.78, 5) is 23.0. The van der Waals surface area contributed by atoms with Crippen LogP contribution in [0.2, 0.25) is 0 Å². The molecule has 18 heavy (non-hydrogen) atoms. The van der Waals surface area contributed by atoms with Crippen LogP contribution in [0.3, 0.4) is 0 Å². The fourth-order valence-electron chi connectivity index (χ4n) is 1.97. The van der Waals surface area contributed by atoms with Crippen molar-refractivity contribution in [2.75, 3.05) is 5.75 Å². The number of non-ortho nitro benzene ring substituents is 1. The number of nitrogens with zero attached hydrogens (tertiary/aromatic N) is 2. The second kappa shape index (κ2) is 4.02. The minimum atomic E-state index is -0.472. The maximum atomic E-state index is 12.1. The van der Waals surface area contributed by atoms with Gasteiger partial charge in [0.15, 0.2) is 0 Å². The van der Waals surface area contributed by atoms with Gasteiger partial charge in [0, 0.05) is 17.9 Å². The number of hydrogen-bond acceptors (Lipinski definition) is 4. The molecule has 2 aromatic rings. The maximum Gasteiger partial charge on any atom is 0.285 e. The number of thioether (sulfide) groups is 1. The molecule has 1 aromatic heterocycles. The summed E-state index contributed by atoms with van der Waals surface area (Å²) in [5, 5.41) is 13.7. The Labute approximate surface area is 106 Å². The molecular weight excluding hydrogens is 254 g/mol. The third kappa shape index (κ3) is 1.63. The molecule has 0 fully saturated rings. The number of H-pyrrole nitrogens is 1. The number of nitro groups is 1. The summed E-state index contributed by atoms with van der Waals surface area (Å²) in [7, 11) is 0. The molecule has 1 aliphatic heterocycles. The topological polar surface area (TPSA) is 80.9 Å². The fourth-order valence-corrected chi connectivity index (χ4v) is 3.02. The highest BCUT2D eigenvalue weighted by molar-refractivity contribution is 7.99. The smallest absolute Gasteiger partial charge is 0.285 e. The molecule has 0 aliphatic carbocycles. The van der Waals surface area contributed by atoms with E-state index in [0.29, 0.717) is 5.69 Å². The lowest BCUT2D eigenvalue weighted by molar-refractivity contribution is -0.384. The van der Waals surface area contributed by atoms with Crippen molar-refractivity contribution in [3.8, 4) is 5.69 Å². The monoisotopic (exact) mass is 263 g/mol. The van der Waals surface area contributed by atoms with E-state index in [9.17, 15) is 14.9 Å². The molecule has 3 rings (SSSR count). The molecule has 1 aliphatic rings. The van der Waals surface area contributed by atoms with Crippen LogP contribution >= 0.6 is 11.8 Å². The number of aromatic amines is 1. The van der Waals surface area contributed by atoms with Gasteiger partial charge in [-0.05, 0) is 12.5 Å². The quantitative estimate of drug-likeness (QED) is 0.660. The predicted octanol–water partition coefficient (Wildman–Crippen LogP) is 1.72. The Balaban J connectivity index is 2.13. The van der Waals surface area contributed by atoms with Crippen molar-refractivity contribution in [2.24, 2.45) is 0 Å². The Morgan fingerprint density at radius 2 is 2.28 bits per heavy atom. The van der Waals surface area contributed by atoms with Gasteiger partial charge >= 0.3 is 0 Å². The zero-order valence-electron chi connectivity index (χ0n) is 9.25. The SMILES string of the molecule is O=c1c2c([nH]n1-c1cccc([N+](=O)[O-])c1)CCS2. The van der Waals surface area contributed by atoms with Crippen molar-refractivity contribution >= 4 is 17.4 Å². The van der Waals surface area contributed by atoms with Crippen LogP contribution in [0.1, 0.15) is 5.69 Å². The first-order valence-corrected chi connectivity index (χ1v) is 6.37. The highest BCUT2D eigenvalue weighted by Gasteiger charge is 2.21. The first-order chi connectivity index (χ1) is 8.66. The van der Waals surface area contributed by atoms with Crippen LogP contribution in [0, 0.1) is 10.1 Å². The van der Waals surface area contributed by atoms with Crippen molar-refractivity contribution < 1.29 is 4.92 Å². The van der Waals surface area contributed by atoms with E-state index >= 15 is 0 Å². The molecule has 0 amide bonds. The zero-order valence-corrected chi connectivity index (χ0v) is 10.1. The first-order valence-electron chi connectivity index (χ1n) is 5.38. The van der Waals surface area contributed by atoms with Crippen LogP contribution in [0.4, 0.5) is 5.69 Å². The van der Waals surface area contributed by atoms with Crippen molar-refractivity contribution in [3.63, 3.8) is 0 Å². The van der Waals surface area contributed by atoms with Gasteiger partial charge in [0.2, 0.25) is 0 Å². The summed E-state index contributed by atoms with van der Waals surface area (Å²) >= 11 is 1.52. The second-order valence-electron chi connectivity index (χ2n) is 3.94. The number of nitro benzene ring substituents is 1. The van der Waals surface area contributed by atoms with E-state index in [1.807, 2.05) is 0 Å². The zero-order chi connectivity index (χ0) is 12.7. The summed E-state index contributed by atoms with van der Waals surface area (Å²) in [5.41, 5.74) is 1.25. The average Bonchev–Trinajstić information content (AvgIpc) is 2.93. The van der Waals surface area contributed by atoms with Crippen molar-refractivity contribution in [3.05, 3.63) is 50.4 Å². The van der Waals surface area contributed by atoms with Gasteiger partial charge in [0.05, 0.1) is 21.2 Å². The largest absolute Gasteiger partial charge is 0.294 e. The summed E-state index contributed by atoms with van der Waals surface area (Å²) in [5.74, 6) is 0.909. The number of benzene rings is 1. The molecule has 0 radical (unpaired) electrons. The third-order valence-electron chi connectivity index (χ3n) is 2.82. The van der Waals surface area contributed by atoms with Gasteiger partial charge < -0.3 is 0 Å². The van der Waals surface area contributed by atoms with E-state index in [1.165, 1.54) is 28.6 Å². The normalized spacial score (nSPS) is 13.6. The first kappa shape index (κ1) is 11.1. The van der Waals surface area contributed by atoms with E-state index in [1.54, 1.807) is 12.1 Å². The Morgan fingerprint density at radius 1 is 1.44 bits per heavy atom. The molecular formula is C11H9N3O3S. The van der Waals surface area contributed by atoms with Gasteiger partial charge in [0.1, 0.15) is 0 Å². The van der Waals surface area contributed by atoms with Gasteiger partial charge in [-0.1, -0.05) is 6.07 Å². The summed E-state index contributed by atoms with van der Waals surface area (Å²) < 4.78 is 1.36. The molecule has 1 N–H and O–H groups in total. The summed E-state index contributed by atoms with van der Waals surface area (Å²) in [6.45, 7) is 0. The predicted molar refractivity (Wildman–Crippen MR) is 67.5 cm³/mol. The molecule has 2 heterocycles. The van der Waals surface area contributed by atoms with E-state index in [2.05, 4.69) is 5.10 Å². The molecule has 0 atom stereocenters. The third-order valence-corrected chi connectivity index (χ3v) is 3.93. The van der Waals surface area contributed by atoms with Crippen LogP contribution in [0.15, 0.2) is 34.0 Å². The maximum absolute atomic E-state index is 12.1. The van der Waals surface area contributed by atoms with Crippen molar-refractivity contribution in [1.82, 2.24) is 9.78 Å². The molecule has 0 spiro atoms. The standard InChI is InChI=1S/C11H9N3O3S/c15-11-10-9(4-5-18-10)12-13(11)7-2-1-3-8(6-7)14(16)17/h1-3,6,12H,4-5H2. The second-order valence-corrected chi connectivity index (χ2v) is 5.04. The number of nitrogens with one attached hydrogen (secondary N) is 1.